The summed E-state index contributed by atoms with van der Waals surface area (Å²) in [4.78, 5) is 10.9. The molecule has 2 aliphatic rings. The highest BCUT2D eigenvalue weighted by molar-refractivity contribution is 7.99. The Morgan fingerprint density at radius 3 is 2.72 bits per heavy atom. The molecule has 0 heterocycles. The van der Waals surface area contributed by atoms with E-state index in [2.05, 4.69) is 18.6 Å². The van der Waals surface area contributed by atoms with E-state index in [1.807, 2.05) is 11.9 Å². The molecule has 1 aromatic carbocycles. The van der Waals surface area contributed by atoms with Crippen molar-refractivity contribution in [2.24, 2.45) is 21.6 Å². The van der Waals surface area contributed by atoms with Gasteiger partial charge in [-0.1, -0.05) is 13.0 Å². The Balaban J connectivity index is 1.80. The first-order chi connectivity index (χ1) is 17.3. The molecule has 8 nitrogen and oxygen atoms in total. The molecule has 3 unspecified atom stereocenters. The smallest absolute Gasteiger partial charge is 0.166 e. The fourth-order valence-electron chi connectivity index (χ4n) is 4.69. The number of rotatable bonds is 13. The summed E-state index contributed by atoms with van der Waals surface area (Å²) in [5, 5.41) is 10.7. The SMILES string of the molecule is C=N/C(=C(N)\C(=N/CSCCC)N(N)C1CCC(OCCO)C1)N(C)[C@@H]1CC1c1ccc(F)c(F)c1. The lowest BCUT2D eigenvalue weighted by Crippen LogP contribution is -2.48. The van der Waals surface area contributed by atoms with E-state index in [1.54, 1.807) is 22.8 Å². The minimum atomic E-state index is -0.859. The zero-order chi connectivity index (χ0) is 26.2. The van der Waals surface area contributed by atoms with Crippen molar-refractivity contribution in [3.05, 3.63) is 46.9 Å². The Kier molecular flexibility index (Phi) is 10.5. The van der Waals surface area contributed by atoms with Crippen LogP contribution in [0, 0.1) is 11.6 Å². The van der Waals surface area contributed by atoms with E-state index in [9.17, 15) is 8.78 Å². The average Bonchev–Trinajstić information content (AvgIpc) is 3.53. The van der Waals surface area contributed by atoms with Crippen LogP contribution in [0.4, 0.5) is 8.78 Å². The van der Waals surface area contributed by atoms with Gasteiger partial charge in [-0.25, -0.2) is 19.6 Å². The molecular formula is C25H38F2N6O2S. The molecule has 0 aromatic heterocycles. The van der Waals surface area contributed by atoms with Crippen molar-refractivity contribution in [2.75, 3.05) is 31.9 Å². The standard InChI is InChI=1S/C25H38F2N6O2S/c1-4-11-36-15-31-25(33(29)17-6-7-18(13-17)35-10-9-34)23(28)24(30-2)32(3)22-14-19(22)16-5-8-20(26)21(27)12-16/h5,8,12,17-19,22,34H,2,4,6-7,9-11,13-15,28-29H2,1,3H3/b24-23-,31-25+/t17?,18?,19?,22-/m1/s1. The predicted octanol–water partition coefficient (Wildman–Crippen LogP) is 3.19. The van der Waals surface area contributed by atoms with Crippen LogP contribution in [-0.4, -0.2) is 77.6 Å². The van der Waals surface area contributed by atoms with Gasteiger partial charge in [0.1, 0.15) is 5.70 Å². The second kappa shape index (κ2) is 13.4. The van der Waals surface area contributed by atoms with E-state index in [-0.39, 0.29) is 30.7 Å². The molecule has 0 aliphatic heterocycles. The van der Waals surface area contributed by atoms with Crippen molar-refractivity contribution < 1.29 is 18.6 Å². The molecule has 0 bridgehead atoms. The quantitative estimate of drug-likeness (QED) is 0.119. The number of aliphatic imine (C=N–C) groups is 2. The third kappa shape index (κ3) is 6.96. The number of aliphatic hydroxyl groups excluding tert-OH is 1. The predicted molar refractivity (Wildman–Crippen MR) is 142 cm³/mol. The van der Waals surface area contributed by atoms with Gasteiger partial charge in [0.15, 0.2) is 23.3 Å². The normalized spacial score (nSPS) is 24.4. The minimum absolute atomic E-state index is 0.0126. The van der Waals surface area contributed by atoms with E-state index < -0.39 is 11.6 Å². The molecule has 1 aromatic rings. The van der Waals surface area contributed by atoms with Crippen molar-refractivity contribution in [2.45, 2.75) is 63.1 Å². The van der Waals surface area contributed by atoms with Crippen molar-refractivity contribution >= 4 is 24.3 Å². The third-order valence-corrected chi connectivity index (χ3v) is 7.69. The summed E-state index contributed by atoms with van der Waals surface area (Å²) < 4.78 is 32.8. The summed E-state index contributed by atoms with van der Waals surface area (Å²) >= 11 is 1.69. The van der Waals surface area contributed by atoms with Gasteiger partial charge in [0.05, 0.1) is 25.2 Å². The molecule has 2 fully saturated rings. The Morgan fingerprint density at radius 1 is 1.28 bits per heavy atom. The van der Waals surface area contributed by atoms with Crippen LogP contribution in [0.5, 0.6) is 0 Å². The number of benzene rings is 1. The molecular weight excluding hydrogens is 486 g/mol. The summed E-state index contributed by atoms with van der Waals surface area (Å²) in [5.74, 6) is 7.27. The van der Waals surface area contributed by atoms with Crippen LogP contribution in [0.15, 0.2) is 39.7 Å². The molecule has 5 N–H and O–H groups in total. The van der Waals surface area contributed by atoms with Crippen LogP contribution in [0.25, 0.3) is 0 Å². The maximum Gasteiger partial charge on any atom is 0.166 e. The van der Waals surface area contributed by atoms with Crippen LogP contribution in [0.2, 0.25) is 0 Å². The van der Waals surface area contributed by atoms with Gasteiger partial charge >= 0.3 is 0 Å². The van der Waals surface area contributed by atoms with Crippen molar-refractivity contribution in [1.82, 2.24) is 9.91 Å². The highest BCUT2D eigenvalue weighted by Crippen LogP contribution is 2.46. The lowest BCUT2D eigenvalue weighted by molar-refractivity contribution is 0.0300. The number of aliphatic hydroxyl groups is 1. The lowest BCUT2D eigenvalue weighted by Gasteiger charge is -2.30. The minimum Gasteiger partial charge on any atom is -0.394 e. The fraction of sp³-hybridized carbons (Fsp3) is 0.600. The Labute approximate surface area is 216 Å². The highest BCUT2D eigenvalue weighted by Gasteiger charge is 2.43. The largest absolute Gasteiger partial charge is 0.394 e. The number of hydrogen-bond acceptors (Lipinski definition) is 8. The average molecular weight is 525 g/mol. The Bertz CT molecular complexity index is 962. The fourth-order valence-corrected chi connectivity index (χ4v) is 5.32. The van der Waals surface area contributed by atoms with Gasteiger partial charge in [0.2, 0.25) is 0 Å². The van der Waals surface area contributed by atoms with E-state index >= 15 is 0 Å². The summed E-state index contributed by atoms with van der Waals surface area (Å²) in [7, 11) is 1.86. The number of nitrogens with two attached hydrogens (primary N) is 2. The number of hydrogen-bond donors (Lipinski definition) is 3. The molecule has 0 amide bonds. The molecule has 0 spiro atoms. The number of likely N-dealkylation sites (N-methyl/N-ethyl adjacent to an activating group) is 1. The van der Waals surface area contributed by atoms with Gasteiger partial charge in [-0.3, -0.25) is 10.0 Å². The zero-order valence-electron chi connectivity index (χ0n) is 21.1. The molecule has 36 heavy (non-hydrogen) atoms. The van der Waals surface area contributed by atoms with Crippen molar-refractivity contribution in [1.29, 1.82) is 0 Å². The summed E-state index contributed by atoms with van der Waals surface area (Å²) in [6.45, 7) is 6.12. The second-order valence-corrected chi connectivity index (χ2v) is 10.3. The number of thioether (sulfide) groups is 1. The topological polar surface area (TPSA) is 113 Å². The molecule has 11 heteroatoms. The van der Waals surface area contributed by atoms with Gasteiger partial charge in [-0.05, 0) is 62.3 Å². The monoisotopic (exact) mass is 524 g/mol. The zero-order valence-corrected chi connectivity index (χ0v) is 21.9. The van der Waals surface area contributed by atoms with Gasteiger partial charge in [-0.15, -0.1) is 11.8 Å². The number of hydrazine groups is 1. The maximum atomic E-state index is 13.8. The van der Waals surface area contributed by atoms with Crippen LogP contribution >= 0.6 is 11.8 Å². The summed E-state index contributed by atoms with van der Waals surface area (Å²) in [5.41, 5.74) is 7.69. The van der Waals surface area contributed by atoms with Crippen molar-refractivity contribution in [3.8, 4) is 0 Å². The van der Waals surface area contributed by atoms with E-state index in [4.69, 9.17) is 26.4 Å². The molecule has 4 atom stereocenters. The van der Waals surface area contributed by atoms with Gasteiger partial charge in [-0.2, -0.15) is 0 Å². The van der Waals surface area contributed by atoms with Crippen LogP contribution in [0.3, 0.4) is 0 Å². The number of ether oxygens (including phenoxy) is 1. The van der Waals surface area contributed by atoms with Gasteiger partial charge in [0, 0.05) is 25.0 Å². The molecule has 2 saturated carbocycles. The first-order valence-electron chi connectivity index (χ1n) is 12.3. The number of nitrogens with zero attached hydrogens (tertiary/aromatic N) is 4. The van der Waals surface area contributed by atoms with Gasteiger partial charge in [0.25, 0.3) is 0 Å². The number of halogens is 2. The Hall–Kier alpha value is -2.21. The van der Waals surface area contributed by atoms with Crippen LogP contribution in [-0.2, 0) is 4.74 Å². The van der Waals surface area contributed by atoms with E-state index in [0.717, 1.165) is 43.1 Å². The molecule has 0 radical (unpaired) electrons. The first kappa shape index (κ1) is 28.4. The maximum absolute atomic E-state index is 13.8. The number of amidine groups is 1. The van der Waals surface area contributed by atoms with Crippen LogP contribution < -0.4 is 11.6 Å². The van der Waals surface area contributed by atoms with Crippen LogP contribution in [0.1, 0.15) is 50.5 Å². The molecule has 2 aliphatic carbocycles. The first-order valence-corrected chi connectivity index (χ1v) is 13.5. The van der Waals surface area contributed by atoms with E-state index in [0.29, 0.717) is 36.3 Å². The molecule has 0 saturated heterocycles. The molecule has 200 valence electrons. The summed E-state index contributed by atoms with van der Waals surface area (Å²) in [6.07, 6.45) is 4.18. The third-order valence-electron chi connectivity index (χ3n) is 6.69. The lowest BCUT2D eigenvalue weighted by atomic mass is 10.1. The van der Waals surface area contributed by atoms with Crippen molar-refractivity contribution in [3.63, 3.8) is 0 Å². The highest BCUT2D eigenvalue weighted by atomic mass is 32.2. The van der Waals surface area contributed by atoms with E-state index in [1.165, 1.54) is 6.07 Å². The van der Waals surface area contributed by atoms with Gasteiger partial charge < -0.3 is 20.5 Å². The second-order valence-electron chi connectivity index (χ2n) is 9.20. The molecule has 3 rings (SSSR count). The Morgan fingerprint density at radius 2 is 2.06 bits per heavy atom. The summed E-state index contributed by atoms with van der Waals surface area (Å²) in [6, 6.07) is 4.01.